The van der Waals surface area contributed by atoms with Crippen LogP contribution in [0, 0.1) is 0 Å². The van der Waals surface area contributed by atoms with E-state index in [1.807, 2.05) is 6.07 Å². The van der Waals surface area contributed by atoms with Crippen LogP contribution in [0.1, 0.15) is 28.8 Å². The van der Waals surface area contributed by atoms with Crippen LogP contribution in [0.2, 0.25) is 10.0 Å². The van der Waals surface area contributed by atoms with Crippen LogP contribution in [0.3, 0.4) is 0 Å². The molecule has 1 aliphatic rings. The first kappa shape index (κ1) is 15.8. The van der Waals surface area contributed by atoms with Gasteiger partial charge in [-0.3, -0.25) is 9.59 Å². The molecule has 0 saturated heterocycles. The number of nitrogens with one attached hydrogen (secondary N) is 2. The second-order valence-corrected chi connectivity index (χ2v) is 6.11. The third-order valence-electron chi connectivity index (χ3n) is 3.68. The zero-order valence-electron chi connectivity index (χ0n) is 12.2. The van der Waals surface area contributed by atoms with Crippen LogP contribution in [-0.4, -0.2) is 11.8 Å². The Morgan fingerprint density at radius 1 is 1.13 bits per heavy atom. The van der Waals surface area contributed by atoms with Crippen molar-refractivity contribution in [2.45, 2.75) is 19.3 Å². The molecule has 0 aliphatic carbocycles. The molecule has 2 aromatic rings. The molecule has 0 fully saturated rings. The number of anilines is 2. The van der Waals surface area contributed by atoms with Crippen LogP contribution in [0.25, 0.3) is 0 Å². The number of carbonyl (C=O) groups is 2. The van der Waals surface area contributed by atoms with Gasteiger partial charge in [0.2, 0.25) is 5.91 Å². The van der Waals surface area contributed by atoms with E-state index in [2.05, 4.69) is 10.6 Å². The number of fused-ring (bicyclic) bond motifs is 1. The highest BCUT2D eigenvalue weighted by atomic mass is 35.5. The fraction of sp³-hybridized carbons (Fsp3) is 0.176. The first-order valence-electron chi connectivity index (χ1n) is 7.23. The topological polar surface area (TPSA) is 58.2 Å². The molecule has 0 radical (unpaired) electrons. The van der Waals surface area contributed by atoms with E-state index in [4.69, 9.17) is 23.2 Å². The minimum atomic E-state index is -0.324. The highest BCUT2D eigenvalue weighted by molar-refractivity contribution is 6.44. The summed E-state index contributed by atoms with van der Waals surface area (Å²) < 4.78 is 0. The van der Waals surface area contributed by atoms with Crippen LogP contribution in [0.5, 0.6) is 0 Å². The van der Waals surface area contributed by atoms with Crippen LogP contribution < -0.4 is 10.6 Å². The van der Waals surface area contributed by atoms with Crippen molar-refractivity contribution in [1.82, 2.24) is 0 Å². The fourth-order valence-corrected chi connectivity index (χ4v) is 2.92. The summed E-state index contributed by atoms with van der Waals surface area (Å²) >= 11 is 12.0. The maximum absolute atomic E-state index is 12.4. The molecule has 2 N–H and O–H groups in total. The average molecular weight is 349 g/mol. The van der Waals surface area contributed by atoms with Gasteiger partial charge in [0.25, 0.3) is 5.91 Å². The molecule has 3 rings (SSSR count). The normalized spacial score (nSPS) is 13.7. The minimum absolute atomic E-state index is 0.0197. The van der Waals surface area contributed by atoms with E-state index in [9.17, 15) is 9.59 Å². The molecule has 0 saturated carbocycles. The van der Waals surface area contributed by atoms with Crippen molar-refractivity contribution in [3.05, 3.63) is 57.6 Å². The molecule has 0 unspecified atom stereocenters. The van der Waals surface area contributed by atoms with Crippen LogP contribution in [0.4, 0.5) is 11.4 Å². The molecule has 6 heteroatoms. The summed E-state index contributed by atoms with van der Waals surface area (Å²) in [4.78, 5) is 23.9. The number of halogens is 2. The van der Waals surface area contributed by atoms with E-state index in [-0.39, 0.29) is 16.8 Å². The first-order valence-corrected chi connectivity index (χ1v) is 7.98. The third kappa shape index (κ3) is 3.49. The van der Waals surface area contributed by atoms with E-state index < -0.39 is 0 Å². The van der Waals surface area contributed by atoms with Gasteiger partial charge in [0.15, 0.2) is 0 Å². The molecule has 2 aromatic carbocycles. The fourth-order valence-electron chi connectivity index (χ4n) is 2.53. The maximum Gasteiger partial charge on any atom is 0.257 e. The molecule has 0 atom stereocenters. The number of benzene rings is 2. The molecule has 23 heavy (non-hydrogen) atoms. The van der Waals surface area contributed by atoms with Gasteiger partial charge in [-0.15, -0.1) is 0 Å². The predicted molar refractivity (Wildman–Crippen MR) is 92.4 cm³/mol. The van der Waals surface area contributed by atoms with Gasteiger partial charge in [-0.05, 0) is 48.7 Å². The SMILES string of the molecule is O=C1CCCc2cc(NC(=O)c3cccc(Cl)c3Cl)ccc2N1. The quantitative estimate of drug-likeness (QED) is 0.837. The number of hydrogen-bond acceptors (Lipinski definition) is 2. The lowest BCUT2D eigenvalue weighted by atomic mass is 10.1. The Morgan fingerprint density at radius 3 is 2.78 bits per heavy atom. The zero-order valence-corrected chi connectivity index (χ0v) is 13.7. The Bertz CT molecular complexity index is 790. The summed E-state index contributed by atoms with van der Waals surface area (Å²) in [5.74, 6) is -0.304. The van der Waals surface area contributed by atoms with Crippen LogP contribution in [0.15, 0.2) is 36.4 Å². The second kappa shape index (κ2) is 6.60. The number of amides is 2. The molecule has 118 valence electrons. The van der Waals surface area contributed by atoms with E-state index >= 15 is 0 Å². The van der Waals surface area contributed by atoms with Crippen molar-refractivity contribution in [1.29, 1.82) is 0 Å². The number of hydrogen-bond donors (Lipinski definition) is 2. The zero-order chi connectivity index (χ0) is 16.4. The summed E-state index contributed by atoms with van der Waals surface area (Å²) in [6.07, 6.45) is 2.08. The Balaban J connectivity index is 1.83. The number of rotatable bonds is 2. The highest BCUT2D eigenvalue weighted by Gasteiger charge is 2.16. The summed E-state index contributed by atoms with van der Waals surface area (Å²) in [6.45, 7) is 0. The van der Waals surface area contributed by atoms with Crippen LogP contribution >= 0.6 is 23.2 Å². The van der Waals surface area contributed by atoms with Crippen molar-refractivity contribution in [3.63, 3.8) is 0 Å². The lowest BCUT2D eigenvalue weighted by molar-refractivity contribution is -0.116. The van der Waals surface area contributed by atoms with Gasteiger partial charge in [-0.25, -0.2) is 0 Å². The summed E-state index contributed by atoms with van der Waals surface area (Å²) in [7, 11) is 0. The van der Waals surface area contributed by atoms with E-state index in [0.29, 0.717) is 22.7 Å². The summed E-state index contributed by atoms with van der Waals surface area (Å²) in [5, 5.41) is 6.24. The molecule has 4 nitrogen and oxygen atoms in total. The Hall–Kier alpha value is -2.04. The molecule has 2 amide bonds. The van der Waals surface area contributed by atoms with Crippen molar-refractivity contribution >= 4 is 46.4 Å². The van der Waals surface area contributed by atoms with Gasteiger partial charge in [-0.1, -0.05) is 29.3 Å². The minimum Gasteiger partial charge on any atom is -0.326 e. The van der Waals surface area contributed by atoms with Gasteiger partial charge < -0.3 is 10.6 Å². The first-order chi connectivity index (χ1) is 11.0. The van der Waals surface area contributed by atoms with E-state index in [0.717, 1.165) is 24.1 Å². The monoisotopic (exact) mass is 348 g/mol. The van der Waals surface area contributed by atoms with Gasteiger partial charge in [0, 0.05) is 17.8 Å². The standard InChI is InChI=1S/C17H14Cl2N2O2/c18-13-5-2-4-12(16(13)19)17(23)20-11-7-8-14-10(9-11)3-1-6-15(22)21-14/h2,4-5,7-9H,1,3,6H2,(H,20,23)(H,21,22). The summed E-state index contributed by atoms with van der Waals surface area (Å²) in [5.41, 5.74) is 2.78. The molecular formula is C17H14Cl2N2O2. The molecule has 1 aliphatic heterocycles. The second-order valence-electron chi connectivity index (χ2n) is 5.33. The lowest BCUT2D eigenvalue weighted by Gasteiger charge is -2.11. The lowest BCUT2D eigenvalue weighted by Crippen LogP contribution is -2.13. The van der Waals surface area contributed by atoms with Gasteiger partial charge in [0.05, 0.1) is 15.6 Å². The van der Waals surface area contributed by atoms with E-state index in [1.54, 1.807) is 30.3 Å². The Kier molecular flexibility index (Phi) is 4.55. The Labute approximate surface area is 143 Å². The number of aryl methyl sites for hydroxylation is 1. The van der Waals surface area contributed by atoms with Crippen molar-refractivity contribution in [3.8, 4) is 0 Å². The number of carbonyl (C=O) groups excluding carboxylic acids is 2. The van der Waals surface area contributed by atoms with Gasteiger partial charge >= 0.3 is 0 Å². The highest BCUT2D eigenvalue weighted by Crippen LogP contribution is 2.28. The predicted octanol–water partition coefficient (Wildman–Crippen LogP) is 4.52. The van der Waals surface area contributed by atoms with Crippen molar-refractivity contribution < 1.29 is 9.59 Å². The smallest absolute Gasteiger partial charge is 0.257 e. The third-order valence-corrected chi connectivity index (χ3v) is 4.50. The average Bonchev–Trinajstić information content (AvgIpc) is 2.70. The van der Waals surface area contributed by atoms with Crippen molar-refractivity contribution in [2.75, 3.05) is 10.6 Å². The van der Waals surface area contributed by atoms with Gasteiger partial charge in [-0.2, -0.15) is 0 Å². The molecule has 1 heterocycles. The largest absolute Gasteiger partial charge is 0.326 e. The summed E-state index contributed by atoms with van der Waals surface area (Å²) in [6, 6.07) is 10.3. The molecule has 0 spiro atoms. The molecular weight excluding hydrogens is 335 g/mol. The van der Waals surface area contributed by atoms with Crippen molar-refractivity contribution in [2.24, 2.45) is 0 Å². The Morgan fingerprint density at radius 2 is 1.96 bits per heavy atom. The van der Waals surface area contributed by atoms with Crippen LogP contribution in [-0.2, 0) is 11.2 Å². The molecule has 0 aromatic heterocycles. The van der Waals surface area contributed by atoms with E-state index in [1.165, 1.54) is 0 Å². The maximum atomic E-state index is 12.4. The molecule has 0 bridgehead atoms. The van der Waals surface area contributed by atoms with Gasteiger partial charge in [0.1, 0.15) is 0 Å².